The summed E-state index contributed by atoms with van der Waals surface area (Å²) in [5.41, 5.74) is 23.6. The maximum absolute atomic E-state index is 4.26. The number of rotatable bonds is 6. The molecule has 3 nitrogen and oxygen atoms in total. The van der Waals surface area contributed by atoms with Gasteiger partial charge in [0.2, 0.25) is 0 Å². The van der Waals surface area contributed by atoms with Gasteiger partial charge in [0.05, 0.1) is 16.7 Å². The van der Waals surface area contributed by atoms with E-state index in [1.54, 1.807) is 0 Å². The van der Waals surface area contributed by atoms with E-state index in [0.717, 1.165) is 48.4 Å². The number of nitrogens with zero attached hydrogens (tertiary/aromatic N) is 2. The van der Waals surface area contributed by atoms with Gasteiger partial charge in [0.25, 0.3) is 0 Å². The number of nitrogens with one attached hydrogen (secondary N) is 1. The lowest BCUT2D eigenvalue weighted by Crippen LogP contribution is -2.41. The Hall–Kier alpha value is -7.04. The van der Waals surface area contributed by atoms with Crippen molar-refractivity contribution >= 4 is 90.0 Å². The minimum atomic E-state index is -0.0214. The van der Waals surface area contributed by atoms with Gasteiger partial charge in [0, 0.05) is 44.8 Å². The minimum absolute atomic E-state index is 0.00344. The molecule has 1 aliphatic heterocycles. The van der Waals surface area contributed by atoms with Crippen LogP contribution in [0.2, 0.25) is 0 Å². The molecule has 78 heavy (non-hydrogen) atoms. The normalized spacial score (nSPS) is 18.7. The molecule has 0 saturated heterocycles. The standard InChI is InChI=1S/C74H75BN3/c1-69(2)32-33-70(3,4)55-39-48(28-30-54(55)69)76-61-43-58-56(71(5,6)34-36-73(58,9)10)40-52(61)53-41-64(77(49-23-14-13-15-24-49)50-29-26-45-20-16-17-22-47(45)38-50)66-65-51-25-19-18-21-46(51)27-31-62(65)78-63-44-59-57(42-60(63)75-67(53)68(66)78)72(7,8)35-37-74(59,11)12/h13-31,38-44,76H,32-37H2,1-12H3. The molecule has 9 aromatic carbocycles. The van der Waals surface area contributed by atoms with Crippen molar-refractivity contribution in [2.24, 2.45) is 0 Å². The molecule has 1 radical (unpaired) electrons. The first-order chi connectivity index (χ1) is 37.1. The fraction of sp³-hybridized carbons (Fsp3) is 0.324. The highest BCUT2D eigenvalue weighted by Crippen LogP contribution is 2.54. The summed E-state index contributed by atoms with van der Waals surface area (Å²) >= 11 is 0. The largest absolute Gasteiger partial charge is 0.355 e. The average Bonchev–Trinajstić information content (AvgIpc) is 3.54. The molecule has 0 unspecified atom stereocenters. The van der Waals surface area contributed by atoms with Gasteiger partial charge < -0.3 is 14.8 Å². The molecule has 4 aliphatic rings. The maximum Gasteiger partial charge on any atom is 0.197 e. The second kappa shape index (κ2) is 16.7. The van der Waals surface area contributed by atoms with E-state index in [4.69, 9.17) is 0 Å². The predicted molar refractivity (Wildman–Crippen MR) is 337 cm³/mol. The number of hydrogen-bond acceptors (Lipinski definition) is 2. The summed E-state index contributed by atoms with van der Waals surface area (Å²) in [7, 11) is 2.60. The Morgan fingerprint density at radius 1 is 0.423 bits per heavy atom. The van der Waals surface area contributed by atoms with Gasteiger partial charge in [-0.2, -0.15) is 0 Å². The van der Waals surface area contributed by atoms with Gasteiger partial charge in [-0.25, -0.2) is 0 Å². The zero-order valence-corrected chi connectivity index (χ0v) is 48.2. The van der Waals surface area contributed by atoms with E-state index in [1.165, 1.54) is 123 Å². The summed E-state index contributed by atoms with van der Waals surface area (Å²) in [6.45, 7) is 29.6. The number of hydrogen-bond donors (Lipinski definition) is 1. The molecule has 10 aromatic rings. The van der Waals surface area contributed by atoms with Crippen LogP contribution in [0, 0.1) is 0 Å². The highest BCUT2D eigenvalue weighted by molar-refractivity contribution is 6.74. The van der Waals surface area contributed by atoms with Crippen LogP contribution in [0.25, 0.3) is 60.2 Å². The van der Waals surface area contributed by atoms with Gasteiger partial charge in [-0.05, 0) is 204 Å². The van der Waals surface area contributed by atoms with Gasteiger partial charge in [0.15, 0.2) is 7.28 Å². The summed E-state index contributed by atoms with van der Waals surface area (Å²) in [5, 5.41) is 11.8. The predicted octanol–water partition coefficient (Wildman–Crippen LogP) is 19.0. The van der Waals surface area contributed by atoms with Gasteiger partial charge >= 0.3 is 0 Å². The molecule has 0 atom stereocenters. The van der Waals surface area contributed by atoms with Gasteiger partial charge in [-0.15, -0.1) is 0 Å². The smallest absolute Gasteiger partial charge is 0.197 e. The van der Waals surface area contributed by atoms with Crippen LogP contribution in [0.1, 0.15) is 155 Å². The molecule has 0 spiro atoms. The molecule has 4 heteroatoms. The van der Waals surface area contributed by atoms with Crippen molar-refractivity contribution in [3.05, 3.63) is 191 Å². The van der Waals surface area contributed by atoms with Crippen LogP contribution in [0.3, 0.4) is 0 Å². The van der Waals surface area contributed by atoms with Crippen LogP contribution >= 0.6 is 0 Å². The van der Waals surface area contributed by atoms with Crippen molar-refractivity contribution < 1.29 is 0 Å². The van der Waals surface area contributed by atoms with E-state index < -0.39 is 0 Å². The third-order valence-corrected chi connectivity index (χ3v) is 20.1. The maximum atomic E-state index is 4.26. The molecule has 1 N–H and O–H groups in total. The van der Waals surface area contributed by atoms with Crippen LogP contribution in [0.4, 0.5) is 28.4 Å². The second-order valence-corrected chi connectivity index (χ2v) is 28.0. The van der Waals surface area contributed by atoms with Crippen molar-refractivity contribution in [3.63, 3.8) is 0 Å². The monoisotopic (exact) mass is 1020 g/mol. The van der Waals surface area contributed by atoms with E-state index in [0.29, 0.717) is 0 Å². The van der Waals surface area contributed by atoms with E-state index in [-0.39, 0.29) is 32.5 Å². The van der Waals surface area contributed by atoms with E-state index >= 15 is 0 Å². The van der Waals surface area contributed by atoms with Gasteiger partial charge in [-0.1, -0.05) is 180 Å². The van der Waals surface area contributed by atoms with Crippen LogP contribution in [-0.4, -0.2) is 11.8 Å². The topological polar surface area (TPSA) is 20.2 Å². The molecular weight excluding hydrogens is 942 g/mol. The lowest BCUT2D eigenvalue weighted by Gasteiger charge is -2.43. The van der Waals surface area contributed by atoms with Crippen molar-refractivity contribution in [3.8, 4) is 16.8 Å². The third-order valence-electron chi connectivity index (χ3n) is 20.1. The Kier molecular flexibility index (Phi) is 10.6. The van der Waals surface area contributed by atoms with Crippen molar-refractivity contribution in [2.75, 3.05) is 10.2 Å². The van der Waals surface area contributed by atoms with Gasteiger partial charge in [-0.3, -0.25) is 0 Å². The second-order valence-electron chi connectivity index (χ2n) is 28.0. The third kappa shape index (κ3) is 7.44. The van der Waals surface area contributed by atoms with Crippen LogP contribution in [0.5, 0.6) is 0 Å². The van der Waals surface area contributed by atoms with Crippen LogP contribution < -0.4 is 21.1 Å². The molecule has 1 aromatic heterocycles. The van der Waals surface area contributed by atoms with E-state index in [1.807, 2.05) is 0 Å². The first-order valence-electron chi connectivity index (χ1n) is 29.1. The van der Waals surface area contributed by atoms with E-state index in [9.17, 15) is 0 Å². The molecule has 2 heterocycles. The highest BCUT2D eigenvalue weighted by Gasteiger charge is 2.42. The molecule has 14 rings (SSSR count). The minimum Gasteiger partial charge on any atom is -0.355 e. The van der Waals surface area contributed by atoms with Crippen LogP contribution in [0.15, 0.2) is 158 Å². The quantitative estimate of drug-likeness (QED) is 0.168. The fourth-order valence-corrected chi connectivity index (χ4v) is 14.9. The number of benzene rings is 9. The summed E-state index contributed by atoms with van der Waals surface area (Å²) in [5.74, 6) is 0. The molecule has 3 aliphatic carbocycles. The first kappa shape index (κ1) is 49.3. The molecule has 0 bridgehead atoms. The lowest BCUT2D eigenvalue weighted by molar-refractivity contribution is 0.332. The van der Waals surface area contributed by atoms with Crippen LogP contribution in [-0.2, 0) is 32.5 Å². The van der Waals surface area contributed by atoms with Crippen molar-refractivity contribution in [1.82, 2.24) is 4.57 Å². The number of para-hydroxylation sites is 1. The average molecular weight is 1020 g/mol. The SMILES string of the molecule is CC1(C)CCC(C)(C)c2cc(Nc3cc4c(cc3-c3cc(N(c5ccccc5)c5ccc6ccccc6c5)c5c6c7ccccc7ccc6n6c5c3[B]c3cc5c(cc3-6)C(C)(C)CCC5(C)C)C(C)(C)CCC4(C)C)ccc21. The summed E-state index contributed by atoms with van der Waals surface area (Å²) in [6, 6.07) is 61.2. The molecule has 0 amide bonds. The Labute approximate surface area is 464 Å². The first-order valence-corrected chi connectivity index (χ1v) is 29.1. The molecule has 0 fully saturated rings. The molecule has 0 saturated carbocycles. The molecular formula is C74H75BN3. The Morgan fingerprint density at radius 3 is 1.65 bits per heavy atom. The Balaban J connectivity index is 1.15. The fourth-order valence-electron chi connectivity index (χ4n) is 14.9. The summed E-state index contributed by atoms with van der Waals surface area (Å²) in [4.78, 5) is 2.57. The summed E-state index contributed by atoms with van der Waals surface area (Å²) in [6.07, 6.45) is 6.96. The Bertz CT molecular complexity index is 4160. The number of fused-ring (bicyclic) bond motifs is 11. The van der Waals surface area contributed by atoms with Crippen molar-refractivity contribution in [2.45, 2.75) is 154 Å². The number of anilines is 5. The molecule has 389 valence electrons. The van der Waals surface area contributed by atoms with Gasteiger partial charge in [0.1, 0.15) is 0 Å². The Morgan fingerprint density at radius 2 is 0.974 bits per heavy atom. The van der Waals surface area contributed by atoms with Crippen molar-refractivity contribution in [1.29, 1.82) is 0 Å². The number of aromatic nitrogens is 1. The van der Waals surface area contributed by atoms with E-state index in [2.05, 4.69) is 263 Å². The lowest BCUT2D eigenvalue weighted by atomic mass is 9.55. The summed E-state index contributed by atoms with van der Waals surface area (Å²) < 4.78 is 2.70. The zero-order valence-electron chi connectivity index (χ0n) is 48.2. The zero-order chi connectivity index (χ0) is 54.1. The highest BCUT2D eigenvalue weighted by atomic mass is 15.1.